The number of nitrogens with one attached hydrogen (secondary N) is 2. The fourth-order valence-corrected chi connectivity index (χ4v) is 5.08. The van der Waals surface area contributed by atoms with Crippen molar-refractivity contribution in [1.29, 1.82) is 0 Å². The van der Waals surface area contributed by atoms with E-state index in [1.807, 2.05) is 0 Å². The predicted molar refractivity (Wildman–Crippen MR) is 112 cm³/mol. The van der Waals surface area contributed by atoms with E-state index in [4.69, 9.17) is 18.8 Å². The Labute approximate surface area is 180 Å². The summed E-state index contributed by atoms with van der Waals surface area (Å²) in [5, 5.41) is 0. The van der Waals surface area contributed by atoms with Gasteiger partial charge in [0.2, 0.25) is 11.0 Å². The summed E-state index contributed by atoms with van der Waals surface area (Å²) in [5.74, 6) is 0. The van der Waals surface area contributed by atoms with E-state index in [0.29, 0.717) is 0 Å². The minimum absolute atomic E-state index is 0.472. The molecule has 0 aliphatic heterocycles. The topological polar surface area (TPSA) is 28.3 Å². The van der Waals surface area contributed by atoms with Crippen molar-refractivity contribution in [1.82, 2.24) is 0 Å². The number of thioether (sulfide) groups is 2. The molecule has 4 aromatic rings. The maximum atomic E-state index is 4.88. The van der Waals surface area contributed by atoms with Gasteiger partial charge in [0.25, 0.3) is 8.68 Å². The molecule has 2 aromatic heterocycles. The van der Waals surface area contributed by atoms with Gasteiger partial charge in [-0.25, -0.2) is 0 Å². The molecule has 136 valence electrons. The zero-order valence-electron chi connectivity index (χ0n) is 13.3. The van der Waals surface area contributed by atoms with Crippen molar-refractivity contribution in [3.63, 3.8) is 0 Å². The first kappa shape index (κ1) is 21.5. The Morgan fingerprint density at radius 3 is 1.44 bits per heavy atom. The average molecular weight is 631 g/mol. The van der Waals surface area contributed by atoms with Crippen molar-refractivity contribution in [2.24, 2.45) is 0 Å². The van der Waals surface area contributed by atoms with Crippen LogP contribution < -0.4 is 9.97 Å². The zero-order valence-corrected chi connectivity index (χ0v) is 20.4. The van der Waals surface area contributed by atoms with E-state index in [0.717, 1.165) is 0 Å². The molecule has 0 amide bonds. The molecule has 0 saturated heterocycles. The molecular formula is C16H16Cl2N2PtS4+2. The van der Waals surface area contributed by atoms with Gasteiger partial charge >= 0.3 is 35.3 Å². The number of para-hydroxylation sites is 2. The van der Waals surface area contributed by atoms with Gasteiger partial charge in [-0.2, -0.15) is 9.97 Å². The molecule has 2 aromatic carbocycles. The molecule has 0 atom stereocenters. The monoisotopic (exact) mass is 629 g/mol. The molecule has 0 aliphatic rings. The second-order valence-electron chi connectivity index (χ2n) is 4.47. The van der Waals surface area contributed by atoms with Crippen molar-refractivity contribution in [2.45, 2.75) is 8.68 Å². The van der Waals surface area contributed by atoms with Crippen LogP contribution >= 0.6 is 65.0 Å². The fourth-order valence-electron chi connectivity index (χ4n) is 1.97. The first-order chi connectivity index (χ1) is 12.2. The summed E-state index contributed by atoms with van der Waals surface area (Å²) < 4.78 is 5.20. The van der Waals surface area contributed by atoms with Gasteiger partial charge in [-0.05, 0) is 48.2 Å². The summed E-state index contributed by atoms with van der Waals surface area (Å²) in [4.78, 5) is 6.65. The molecule has 25 heavy (non-hydrogen) atoms. The number of thiazole rings is 2. The van der Waals surface area contributed by atoms with Gasteiger partial charge in [0, 0.05) is 12.1 Å². The van der Waals surface area contributed by atoms with E-state index in [-0.39, 0.29) is 0 Å². The van der Waals surface area contributed by atoms with Gasteiger partial charge < -0.3 is 0 Å². The molecule has 0 radical (unpaired) electrons. The second kappa shape index (κ2) is 11.8. The Hall–Kier alpha value is 0.188. The summed E-state index contributed by atoms with van der Waals surface area (Å²) in [7, 11) is 9.75. The van der Waals surface area contributed by atoms with E-state index in [2.05, 4.69) is 71.0 Å². The standard InChI is InChI=1S/2C8H7NS2.2ClH.Pt/c2*1-10-8-9-6-4-2-3-5-7(6)11-8;;;/h2*2-5H,1H3;2*1H;/q;;;;+2. The van der Waals surface area contributed by atoms with Gasteiger partial charge in [-0.3, -0.25) is 0 Å². The number of fused-ring (bicyclic) bond motifs is 2. The van der Waals surface area contributed by atoms with E-state index >= 15 is 0 Å². The molecule has 2 heterocycles. The van der Waals surface area contributed by atoms with Crippen LogP contribution in [0.2, 0.25) is 0 Å². The number of hydrogen-bond acceptors (Lipinski definition) is 4. The van der Waals surface area contributed by atoms with Crippen LogP contribution in [-0.4, -0.2) is 12.5 Å². The van der Waals surface area contributed by atoms with Crippen molar-refractivity contribution >= 4 is 85.5 Å². The normalized spacial score (nSPS) is 10.2. The zero-order chi connectivity index (χ0) is 18.1. The van der Waals surface area contributed by atoms with Crippen molar-refractivity contribution in [3.8, 4) is 0 Å². The van der Waals surface area contributed by atoms with E-state index in [1.165, 1.54) is 29.1 Å². The molecule has 4 rings (SSSR count). The Morgan fingerprint density at radius 2 is 1.12 bits per heavy atom. The molecular weight excluding hydrogens is 614 g/mol. The Balaban J connectivity index is 0.000000156. The van der Waals surface area contributed by atoms with Gasteiger partial charge in [-0.1, -0.05) is 46.9 Å². The summed E-state index contributed by atoms with van der Waals surface area (Å²) in [6, 6.07) is 16.7. The molecule has 0 spiro atoms. The average Bonchev–Trinajstić information content (AvgIpc) is 3.26. The van der Waals surface area contributed by atoms with Crippen LogP contribution in [0, 0.1) is 0 Å². The first-order valence-electron chi connectivity index (χ1n) is 6.93. The molecule has 0 aliphatic carbocycles. The summed E-state index contributed by atoms with van der Waals surface area (Å²) in [6.07, 6.45) is 4.17. The SMILES string of the molecule is CSc1[nH+]c2ccccc2s1.CSc1[nH+]c2ccccc2s1.[Cl][Pt][Cl]. The van der Waals surface area contributed by atoms with Crippen LogP contribution in [0.1, 0.15) is 0 Å². The predicted octanol–water partition coefficient (Wildman–Crippen LogP) is 6.25. The fraction of sp³-hybridized carbons (Fsp3) is 0.125. The van der Waals surface area contributed by atoms with Crippen LogP contribution in [0.15, 0.2) is 57.2 Å². The maximum absolute atomic E-state index is 4.88. The Kier molecular flexibility index (Phi) is 10.1. The molecule has 0 unspecified atom stereocenters. The van der Waals surface area contributed by atoms with Crippen LogP contribution in [-0.2, 0) is 16.5 Å². The van der Waals surface area contributed by atoms with Gasteiger partial charge in [0.15, 0.2) is 0 Å². The number of halogens is 2. The van der Waals surface area contributed by atoms with Crippen LogP contribution in [0.25, 0.3) is 20.4 Å². The van der Waals surface area contributed by atoms with Gasteiger partial charge in [0.05, 0.1) is 0 Å². The number of aromatic nitrogens is 2. The quantitative estimate of drug-likeness (QED) is 0.245. The van der Waals surface area contributed by atoms with Gasteiger partial charge in [0.1, 0.15) is 9.40 Å². The Morgan fingerprint density at radius 1 is 0.760 bits per heavy atom. The molecule has 2 N–H and O–H groups in total. The third kappa shape index (κ3) is 6.69. The van der Waals surface area contributed by atoms with Crippen molar-refractivity contribution in [2.75, 3.05) is 12.5 Å². The summed E-state index contributed by atoms with van der Waals surface area (Å²) in [5.41, 5.74) is 2.48. The van der Waals surface area contributed by atoms with Crippen LogP contribution in [0.5, 0.6) is 0 Å². The number of benzene rings is 2. The van der Waals surface area contributed by atoms with Crippen molar-refractivity contribution in [3.05, 3.63) is 48.5 Å². The number of aromatic amines is 2. The Bertz CT molecular complexity index is 773. The number of H-pyrrole nitrogens is 2. The molecule has 0 fully saturated rings. The first-order valence-corrected chi connectivity index (χ1v) is 16.6. The summed E-state index contributed by atoms with van der Waals surface area (Å²) in [6.45, 7) is 0. The molecule has 0 bridgehead atoms. The van der Waals surface area contributed by atoms with Crippen LogP contribution in [0.4, 0.5) is 0 Å². The second-order valence-corrected chi connectivity index (χ2v) is 12.0. The third-order valence-corrected chi connectivity index (χ3v) is 7.20. The van der Waals surface area contributed by atoms with Crippen LogP contribution in [0.3, 0.4) is 0 Å². The number of hydrogen-bond donors (Lipinski definition) is 0. The van der Waals surface area contributed by atoms with E-state index in [9.17, 15) is 0 Å². The van der Waals surface area contributed by atoms with E-state index < -0.39 is 16.5 Å². The molecule has 0 saturated carbocycles. The van der Waals surface area contributed by atoms with E-state index in [1.54, 1.807) is 46.2 Å². The van der Waals surface area contributed by atoms with Crippen molar-refractivity contribution < 1.29 is 26.4 Å². The third-order valence-electron chi connectivity index (χ3n) is 3.02. The summed E-state index contributed by atoms with van der Waals surface area (Å²) >= 11 is 6.65. The van der Waals surface area contributed by atoms with Gasteiger partial charge in [-0.15, -0.1) is 0 Å². The number of rotatable bonds is 2. The molecule has 2 nitrogen and oxygen atoms in total. The minimum atomic E-state index is -0.472. The molecule has 9 heteroatoms.